The van der Waals surface area contributed by atoms with E-state index in [2.05, 4.69) is 22.5 Å². The van der Waals surface area contributed by atoms with E-state index in [0.29, 0.717) is 25.0 Å². The molecule has 0 radical (unpaired) electrons. The highest BCUT2D eigenvalue weighted by Crippen LogP contribution is 2.17. The van der Waals surface area contributed by atoms with Crippen LogP contribution >= 0.6 is 35.6 Å². The maximum Gasteiger partial charge on any atom is 0.224 e. The molecule has 1 fully saturated rings. The molecule has 0 bridgehead atoms. The number of guanidine groups is 1. The first kappa shape index (κ1) is 23.0. The molecular formula is C19H30ClIN4O. The molecule has 1 aliphatic heterocycles. The highest BCUT2D eigenvalue weighted by atomic mass is 127. The van der Waals surface area contributed by atoms with E-state index in [1.165, 1.54) is 6.42 Å². The summed E-state index contributed by atoms with van der Waals surface area (Å²) in [5, 5.41) is 7.26. The number of amides is 1. The third-order valence-electron chi connectivity index (χ3n) is 4.62. The molecule has 7 heteroatoms. The van der Waals surface area contributed by atoms with Gasteiger partial charge in [0.2, 0.25) is 5.91 Å². The van der Waals surface area contributed by atoms with Crippen LogP contribution in [0.5, 0.6) is 0 Å². The normalized spacial score (nSPS) is 17.4. The van der Waals surface area contributed by atoms with E-state index in [1.807, 2.05) is 29.2 Å². The lowest BCUT2D eigenvalue weighted by Crippen LogP contribution is -2.44. The fourth-order valence-electron chi connectivity index (χ4n) is 3.14. The lowest BCUT2D eigenvalue weighted by atomic mass is 10.0. The number of carbonyl (C=O) groups excluding carboxylic acids is 1. The van der Waals surface area contributed by atoms with Gasteiger partial charge in [0.25, 0.3) is 0 Å². The Morgan fingerprint density at radius 2 is 2.00 bits per heavy atom. The second-order valence-electron chi connectivity index (χ2n) is 6.45. The van der Waals surface area contributed by atoms with Crippen molar-refractivity contribution < 1.29 is 4.79 Å². The van der Waals surface area contributed by atoms with Crippen molar-refractivity contribution in [2.24, 2.45) is 4.99 Å². The Kier molecular flexibility index (Phi) is 11.0. The largest absolute Gasteiger partial charge is 0.356 e. The van der Waals surface area contributed by atoms with E-state index in [0.717, 1.165) is 42.9 Å². The van der Waals surface area contributed by atoms with Gasteiger partial charge in [-0.1, -0.05) is 29.8 Å². The van der Waals surface area contributed by atoms with Crippen molar-refractivity contribution in [1.82, 2.24) is 15.5 Å². The van der Waals surface area contributed by atoms with Gasteiger partial charge < -0.3 is 15.5 Å². The molecule has 1 amide bonds. The number of rotatable bonds is 6. The van der Waals surface area contributed by atoms with E-state index in [4.69, 9.17) is 11.6 Å². The van der Waals surface area contributed by atoms with Crippen molar-refractivity contribution in [2.75, 3.05) is 26.7 Å². The van der Waals surface area contributed by atoms with Gasteiger partial charge in [0.05, 0.1) is 0 Å². The topological polar surface area (TPSA) is 56.7 Å². The smallest absolute Gasteiger partial charge is 0.224 e. The van der Waals surface area contributed by atoms with E-state index in [1.54, 1.807) is 7.05 Å². The Hall–Kier alpha value is -1.02. The number of piperidine rings is 1. The van der Waals surface area contributed by atoms with Gasteiger partial charge in [-0.15, -0.1) is 24.0 Å². The second-order valence-corrected chi connectivity index (χ2v) is 6.86. The van der Waals surface area contributed by atoms with Crippen LogP contribution in [0.15, 0.2) is 29.3 Å². The highest BCUT2D eigenvalue weighted by molar-refractivity contribution is 14.0. The van der Waals surface area contributed by atoms with Gasteiger partial charge in [-0.25, -0.2) is 0 Å². The Labute approximate surface area is 179 Å². The number of halogens is 2. The number of nitrogens with zero attached hydrogens (tertiary/aromatic N) is 2. The SMILES string of the molecule is CN=C(NCCC(=O)N1CCCCC1C)NCCc1ccccc1Cl.I. The number of hydrogen-bond donors (Lipinski definition) is 2. The molecule has 0 aliphatic carbocycles. The maximum absolute atomic E-state index is 12.3. The zero-order chi connectivity index (χ0) is 18.1. The van der Waals surface area contributed by atoms with Gasteiger partial charge in [-0.2, -0.15) is 0 Å². The van der Waals surface area contributed by atoms with Crippen molar-refractivity contribution >= 4 is 47.4 Å². The van der Waals surface area contributed by atoms with Crippen LogP contribution < -0.4 is 10.6 Å². The molecule has 1 heterocycles. The number of likely N-dealkylation sites (tertiary alicyclic amines) is 1. The van der Waals surface area contributed by atoms with Gasteiger partial charge in [-0.3, -0.25) is 9.79 Å². The van der Waals surface area contributed by atoms with Crippen molar-refractivity contribution in [1.29, 1.82) is 0 Å². The van der Waals surface area contributed by atoms with Gasteiger partial charge in [0, 0.05) is 44.2 Å². The molecule has 0 spiro atoms. The summed E-state index contributed by atoms with van der Waals surface area (Å²) in [6, 6.07) is 8.21. The Bertz CT molecular complexity index is 597. The first-order chi connectivity index (χ1) is 12.1. The number of benzene rings is 1. The van der Waals surface area contributed by atoms with Crippen LogP contribution in [0.4, 0.5) is 0 Å². The minimum absolute atomic E-state index is 0. The average Bonchev–Trinajstić information content (AvgIpc) is 2.62. The van der Waals surface area contributed by atoms with Gasteiger partial charge in [0.15, 0.2) is 5.96 Å². The molecule has 1 aromatic rings. The lowest BCUT2D eigenvalue weighted by Gasteiger charge is -2.33. The standard InChI is InChI=1S/C19H29ClN4O.HI/c1-15-7-5-6-14-24(15)18(25)11-13-23-19(21-2)22-12-10-16-8-3-4-9-17(16)20;/h3-4,8-9,15H,5-7,10-14H2,1-2H3,(H2,21,22,23);1H. The molecular weight excluding hydrogens is 463 g/mol. The summed E-state index contributed by atoms with van der Waals surface area (Å²) >= 11 is 6.16. The molecule has 1 atom stereocenters. The summed E-state index contributed by atoms with van der Waals surface area (Å²) < 4.78 is 0. The van der Waals surface area contributed by atoms with Crippen LogP contribution in [0.2, 0.25) is 5.02 Å². The fourth-order valence-corrected chi connectivity index (χ4v) is 3.37. The Morgan fingerprint density at radius 3 is 2.69 bits per heavy atom. The lowest BCUT2D eigenvalue weighted by molar-refractivity contribution is -0.134. The van der Waals surface area contributed by atoms with Crippen LogP contribution in [-0.4, -0.2) is 49.5 Å². The van der Waals surface area contributed by atoms with E-state index in [9.17, 15) is 4.79 Å². The van der Waals surface area contributed by atoms with Crippen molar-refractivity contribution in [2.45, 2.75) is 45.1 Å². The number of carbonyl (C=O) groups is 1. The van der Waals surface area contributed by atoms with Crippen molar-refractivity contribution in [3.8, 4) is 0 Å². The molecule has 1 aliphatic rings. The average molecular weight is 493 g/mol. The Balaban J connectivity index is 0.00000338. The van der Waals surface area contributed by atoms with E-state index < -0.39 is 0 Å². The summed E-state index contributed by atoms with van der Waals surface area (Å²) in [7, 11) is 1.74. The quantitative estimate of drug-likeness (QED) is 0.363. The minimum Gasteiger partial charge on any atom is -0.356 e. The molecule has 2 rings (SSSR count). The highest BCUT2D eigenvalue weighted by Gasteiger charge is 2.22. The van der Waals surface area contributed by atoms with Gasteiger partial charge in [-0.05, 0) is 44.2 Å². The minimum atomic E-state index is 0. The molecule has 26 heavy (non-hydrogen) atoms. The van der Waals surface area contributed by atoms with Crippen molar-refractivity contribution in [3.63, 3.8) is 0 Å². The third kappa shape index (κ3) is 7.31. The predicted molar refractivity (Wildman–Crippen MR) is 120 cm³/mol. The number of aliphatic imine (C=N–C) groups is 1. The molecule has 5 nitrogen and oxygen atoms in total. The molecule has 1 saturated heterocycles. The second kappa shape index (κ2) is 12.4. The van der Waals surface area contributed by atoms with Crippen LogP contribution in [0.3, 0.4) is 0 Å². The fraction of sp³-hybridized carbons (Fsp3) is 0.579. The summed E-state index contributed by atoms with van der Waals surface area (Å²) in [5.74, 6) is 0.942. The Morgan fingerprint density at radius 1 is 1.27 bits per heavy atom. The van der Waals surface area contributed by atoms with Gasteiger partial charge >= 0.3 is 0 Å². The van der Waals surface area contributed by atoms with Crippen LogP contribution in [-0.2, 0) is 11.2 Å². The summed E-state index contributed by atoms with van der Waals surface area (Å²) in [5.41, 5.74) is 1.11. The van der Waals surface area contributed by atoms with Crippen LogP contribution in [0.25, 0.3) is 0 Å². The van der Waals surface area contributed by atoms with Gasteiger partial charge in [0.1, 0.15) is 0 Å². The van der Waals surface area contributed by atoms with E-state index >= 15 is 0 Å². The summed E-state index contributed by atoms with van der Waals surface area (Å²) in [4.78, 5) is 18.5. The summed E-state index contributed by atoms with van der Waals surface area (Å²) in [6.45, 7) is 4.36. The first-order valence-electron chi connectivity index (χ1n) is 9.09. The predicted octanol–water partition coefficient (Wildman–Crippen LogP) is 3.46. The maximum atomic E-state index is 12.3. The number of nitrogens with one attached hydrogen (secondary N) is 2. The van der Waals surface area contributed by atoms with E-state index in [-0.39, 0.29) is 29.9 Å². The first-order valence-corrected chi connectivity index (χ1v) is 9.47. The molecule has 1 unspecified atom stereocenters. The molecule has 1 aromatic carbocycles. The zero-order valence-electron chi connectivity index (χ0n) is 15.6. The molecule has 0 saturated carbocycles. The molecule has 146 valence electrons. The van der Waals surface area contributed by atoms with Crippen LogP contribution in [0, 0.1) is 0 Å². The van der Waals surface area contributed by atoms with Crippen molar-refractivity contribution in [3.05, 3.63) is 34.9 Å². The van der Waals surface area contributed by atoms with Crippen LogP contribution in [0.1, 0.15) is 38.2 Å². The monoisotopic (exact) mass is 492 g/mol. The molecule has 0 aromatic heterocycles. The molecule has 2 N–H and O–H groups in total. The number of hydrogen-bond acceptors (Lipinski definition) is 2. The summed E-state index contributed by atoms with van der Waals surface area (Å²) in [6.07, 6.45) is 4.78. The third-order valence-corrected chi connectivity index (χ3v) is 4.99. The zero-order valence-corrected chi connectivity index (χ0v) is 18.7.